The summed E-state index contributed by atoms with van der Waals surface area (Å²) in [5, 5.41) is 3.37. The van der Waals surface area contributed by atoms with Gasteiger partial charge in [-0.1, -0.05) is 32.9 Å². The van der Waals surface area contributed by atoms with E-state index in [2.05, 4.69) is 26.1 Å². The van der Waals surface area contributed by atoms with Crippen molar-refractivity contribution in [1.29, 1.82) is 0 Å². The molecule has 0 aliphatic rings. The van der Waals surface area contributed by atoms with Gasteiger partial charge in [0.05, 0.1) is 6.10 Å². The van der Waals surface area contributed by atoms with Crippen LogP contribution in [0.15, 0.2) is 24.3 Å². The van der Waals surface area contributed by atoms with E-state index in [9.17, 15) is 4.39 Å². The largest absolute Gasteiger partial charge is 0.372 e. The standard InChI is InChI=1S/C16H26FNO/c1-4-10-18-12-16(19-11-9-13(2)3)14-5-7-15(17)8-6-14/h5-8,13,16,18H,4,9-12H2,1-3H3. The van der Waals surface area contributed by atoms with Gasteiger partial charge in [-0.15, -0.1) is 0 Å². The van der Waals surface area contributed by atoms with Crippen LogP contribution in [0.4, 0.5) is 4.39 Å². The Hall–Kier alpha value is -0.930. The lowest BCUT2D eigenvalue weighted by molar-refractivity contribution is 0.0458. The second-order valence-corrected chi connectivity index (χ2v) is 5.30. The van der Waals surface area contributed by atoms with Crippen molar-refractivity contribution in [1.82, 2.24) is 5.32 Å². The summed E-state index contributed by atoms with van der Waals surface area (Å²) in [6.07, 6.45) is 2.15. The highest BCUT2D eigenvalue weighted by Crippen LogP contribution is 2.18. The zero-order valence-electron chi connectivity index (χ0n) is 12.3. The van der Waals surface area contributed by atoms with Crippen molar-refractivity contribution in [3.63, 3.8) is 0 Å². The minimum absolute atomic E-state index is 0.00546. The van der Waals surface area contributed by atoms with Gasteiger partial charge in [-0.25, -0.2) is 4.39 Å². The first-order chi connectivity index (χ1) is 9.13. The van der Waals surface area contributed by atoms with Gasteiger partial charge in [0, 0.05) is 13.2 Å². The summed E-state index contributed by atoms with van der Waals surface area (Å²) in [4.78, 5) is 0. The Morgan fingerprint density at radius 3 is 2.47 bits per heavy atom. The molecule has 0 fully saturated rings. The summed E-state index contributed by atoms with van der Waals surface area (Å²) in [5.41, 5.74) is 1.04. The SMILES string of the molecule is CCCNCC(OCCC(C)C)c1ccc(F)cc1. The zero-order chi connectivity index (χ0) is 14.1. The van der Waals surface area contributed by atoms with E-state index in [1.807, 2.05) is 12.1 Å². The first-order valence-electron chi connectivity index (χ1n) is 7.21. The van der Waals surface area contributed by atoms with Crippen LogP contribution in [0.3, 0.4) is 0 Å². The molecule has 0 aliphatic carbocycles. The number of hydrogen-bond acceptors (Lipinski definition) is 2. The van der Waals surface area contributed by atoms with Crippen LogP contribution >= 0.6 is 0 Å². The van der Waals surface area contributed by atoms with Crippen LogP contribution in [0, 0.1) is 11.7 Å². The van der Waals surface area contributed by atoms with Crippen LogP contribution in [-0.4, -0.2) is 19.7 Å². The van der Waals surface area contributed by atoms with Crippen molar-refractivity contribution in [2.45, 2.75) is 39.7 Å². The summed E-state index contributed by atoms with van der Waals surface area (Å²) in [7, 11) is 0. The molecule has 0 aromatic heterocycles. The molecule has 0 radical (unpaired) electrons. The summed E-state index contributed by atoms with van der Waals surface area (Å²) >= 11 is 0. The quantitative estimate of drug-likeness (QED) is 0.684. The summed E-state index contributed by atoms with van der Waals surface area (Å²) in [6, 6.07) is 6.61. The van der Waals surface area contributed by atoms with Crippen LogP contribution in [0.2, 0.25) is 0 Å². The minimum Gasteiger partial charge on any atom is -0.372 e. The van der Waals surface area contributed by atoms with E-state index < -0.39 is 0 Å². The molecule has 1 rings (SSSR count). The fourth-order valence-electron chi connectivity index (χ4n) is 1.81. The zero-order valence-corrected chi connectivity index (χ0v) is 12.3. The number of benzene rings is 1. The normalized spacial score (nSPS) is 12.9. The average molecular weight is 267 g/mol. The van der Waals surface area contributed by atoms with Gasteiger partial charge in [-0.2, -0.15) is 0 Å². The van der Waals surface area contributed by atoms with Gasteiger partial charge >= 0.3 is 0 Å². The van der Waals surface area contributed by atoms with Gasteiger partial charge in [-0.3, -0.25) is 0 Å². The van der Waals surface area contributed by atoms with Crippen molar-refractivity contribution in [3.05, 3.63) is 35.6 Å². The van der Waals surface area contributed by atoms with Gasteiger partial charge in [0.1, 0.15) is 5.82 Å². The van der Waals surface area contributed by atoms with Crippen molar-refractivity contribution >= 4 is 0 Å². The average Bonchev–Trinajstić information content (AvgIpc) is 2.38. The second kappa shape index (κ2) is 9.05. The van der Waals surface area contributed by atoms with Crippen molar-refractivity contribution < 1.29 is 9.13 Å². The molecular weight excluding hydrogens is 241 g/mol. The topological polar surface area (TPSA) is 21.3 Å². The molecular formula is C16H26FNO. The molecule has 0 bridgehead atoms. The molecule has 1 atom stereocenters. The van der Waals surface area contributed by atoms with Crippen molar-refractivity contribution in [2.24, 2.45) is 5.92 Å². The molecule has 0 amide bonds. The van der Waals surface area contributed by atoms with Crippen LogP contribution in [0.1, 0.15) is 45.3 Å². The van der Waals surface area contributed by atoms with Gasteiger partial charge in [0.2, 0.25) is 0 Å². The molecule has 1 unspecified atom stereocenters. The molecule has 19 heavy (non-hydrogen) atoms. The van der Waals surface area contributed by atoms with Crippen LogP contribution < -0.4 is 5.32 Å². The van der Waals surface area contributed by atoms with Gasteiger partial charge in [-0.05, 0) is 43.0 Å². The molecule has 0 saturated carbocycles. The minimum atomic E-state index is -0.203. The van der Waals surface area contributed by atoms with E-state index in [0.717, 1.165) is 38.1 Å². The third kappa shape index (κ3) is 6.69. The second-order valence-electron chi connectivity index (χ2n) is 5.30. The number of hydrogen-bond donors (Lipinski definition) is 1. The maximum absolute atomic E-state index is 13.0. The predicted molar refractivity (Wildman–Crippen MR) is 77.7 cm³/mol. The number of nitrogens with one attached hydrogen (secondary N) is 1. The Labute approximate surface area is 116 Å². The lowest BCUT2D eigenvalue weighted by atomic mass is 10.1. The van der Waals surface area contributed by atoms with Gasteiger partial charge in [0.25, 0.3) is 0 Å². The molecule has 1 aromatic rings. The molecule has 2 nitrogen and oxygen atoms in total. The highest BCUT2D eigenvalue weighted by Gasteiger charge is 2.12. The Morgan fingerprint density at radius 1 is 1.21 bits per heavy atom. The summed E-state index contributed by atoms with van der Waals surface area (Å²) in [6.45, 7) is 9.01. The maximum atomic E-state index is 13.0. The first kappa shape index (κ1) is 16.1. The molecule has 0 spiro atoms. The Balaban J connectivity index is 2.54. The smallest absolute Gasteiger partial charge is 0.123 e. The Morgan fingerprint density at radius 2 is 1.89 bits per heavy atom. The van der Waals surface area contributed by atoms with E-state index in [1.54, 1.807) is 0 Å². The molecule has 0 saturated heterocycles. The highest BCUT2D eigenvalue weighted by molar-refractivity contribution is 5.19. The Kier molecular flexibility index (Phi) is 7.68. The van der Waals surface area contributed by atoms with Gasteiger partial charge < -0.3 is 10.1 Å². The molecule has 1 aromatic carbocycles. The molecule has 3 heteroatoms. The van der Waals surface area contributed by atoms with Gasteiger partial charge in [0.15, 0.2) is 0 Å². The fourth-order valence-corrected chi connectivity index (χ4v) is 1.81. The lowest BCUT2D eigenvalue weighted by Crippen LogP contribution is -2.24. The van der Waals surface area contributed by atoms with Crippen LogP contribution in [-0.2, 0) is 4.74 Å². The highest BCUT2D eigenvalue weighted by atomic mass is 19.1. The van der Waals surface area contributed by atoms with E-state index in [4.69, 9.17) is 4.74 Å². The van der Waals surface area contributed by atoms with E-state index in [0.29, 0.717) is 5.92 Å². The van der Waals surface area contributed by atoms with Crippen molar-refractivity contribution in [3.8, 4) is 0 Å². The summed E-state index contributed by atoms with van der Waals surface area (Å²) in [5.74, 6) is 0.434. The van der Waals surface area contributed by atoms with E-state index in [-0.39, 0.29) is 11.9 Å². The van der Waals surface area contributed by atoms with Crippen LogP contribution in [0.25, 0.3) is 0 Å². The van der Waals surface area contributed by atoms with E-state index >= 15 is 0 Å². The van der Waals surface area contributed by atoms with Crippen LogP contribution in [0.5, 0.6) is 0 Å². The molecule has 0 heterocycles. The lowest BCUT2D eigenvalue weighted by Gasteiger charge is -2.19. The maximum Gasteiger partial charge on any atom is 0.123 e. The number of halogens is 1. The number of rotatable bonds is 9. The summed E-state index contributed by atoms with van der Waals surface area (Å²) < 4.78 is 18.9. The van der Waals surface area contributed by atoms with Crippen molar-refractivity contribution in [2.75, 3.05) is 19.7 Å². The fraction of sp³-hybridized carbons (Fsp3) is 0.625. The third-order valence-corrected chi connectivity index (χ3v) is 3.01. The third-order valence-electron chi connectivity index (χ3n) is 3.01. The van der Waals surface area contributed by atoms with E-state index in [1.165, 1.54) is 12.1 Å². The molecule has 108 valence electrons. The molecule has 1 N–H and O–H groups in total. The first-order valence-corrected chi connectivity index (χ1v) is 7.21. The monoisotopic (exact) mass is 267 g/mol. The molecule has 0 aliphatic heterocycles. The predicted octanol–water partition coefficient (Wildman–Crippen LogP) is 3.93. The number of ether oxygens (including phenoxy) is 1. The Bertz CT molecular complexity index is 337.